The Bertz CT molecular complexity index is 832. The van der Waals surface area contributed by atoms with Gasteiger partial charge in [-0.2, -0.15) is 0 Å². The number of nitrogens with one attached hydrogen (secondary N) is 1. The molecule has 0 aliphatic heterocycles. The molecule has 5 nitrogen and oxygen atoms in total. The zero-order chi connectivity index (χ0) is 20.7. The van der Waals surface area contributed by atoms with Crippen LogP contribution in [-0.2, 0) is 11.0 Å². The van der Waals surface area contributed by atoms with E-state index in [4.69, 9.17) is 10.5 Å². The quantitative estimate of drug-likeness (QED) is 0.667. The average Bonchev–Trinajstić information content (AvgIpc) is 2.64. The van der Waals surface area contributed by atoms with Crippen molar-refractivity contribution in [1.29, 1.82) is 0 Å². The third-order valence-electron chi connectivity index (χ3n) is 3.81. The zero-order valence-electron chi connectivity index (χ0n) is 16.2. The molecular formula is C20H25F2N3O2S. The van der Waals surface area contributed by atoms with Gasteiger partial charge in [-0.15, -0.1) is 0 Å². The highest BCUT2D eigenvalue weighted by Gasteiger charge is 2.14. The van der Waals surface area contributed by atoms with Gasteiger partial charge in [0.2, 0.25) is 0 Å². The van der Waals surface area contributed by atoms with Gasteiger partial charge in [0.25, 0.3) is 0 Å². The molecule has 0 saturated heterocycles. The molecule has 1 atom stereocenters. The van der Waals surface area contributed by atoms with E-state index in [2.05, 4.69) is 4.72 Å². The van der Waals surface area contributed by atoms with Crippen LogP contribution in [0, 0.1) is 11.6 Å². The fourth-order valence-corrected chi connectivity index (χ4v) is 3.12. The zero-order valence-corrected chi connectivity index (χ0v) is 17.0. The van der Waals surface area contributed by atoms with Crippen molar-refractivity contribution < 1.29 is 17.7 Å². The van der Waals surface area contributed by atoms with Gasteiger partial charge in [-0.05, 0) is 63.0 Å². The van der Waals surface area contributed by atoms with Crippen LogP contribution in [0.4, 0.5) is 8.78 Å². The lowest BCUT2D eigenvalue weighted by Crippen LogP contribution is -2.27. The Balaban J connectivity index is 2.09. The SMILES string of the molecule is C/C(=C\c1cc(F)c(Oc2ccc(S(=O)NCCN(C)C)cc2)c(F)c1)CN. The molecule has 3 N–H and O–H groups in total. The Morgan fingerprint density at radius 3 is 2.36 bits per heavy atom. The van der Waals surface area contributed by atoms with Crippen molar-refractivity contribution in [3.63, 3.8) is 0 Å². The van der Waals surface area contributed by atoms with E-state index in [9.17, 15) is 13.0 Å². The lowest BCUT2D eigenvalue weighted by molar-refractivity contribution is 0.407. The van der Waals surface area contributed by atoms with Gasteiger partial charge in [-0.25, -0.2) is 17.7 Å². The van der Waals surface area contributed by atoms with Gasteiger partial charge in [0.05, 0.1) is 4.90 Å². The number of halogens is 2. The lowest BCUT2D eigenvalue weighted by atomic mass is 10.1. The first-order valence-electron chi connectivity index (χ1n) is 8.74. The van der Waals surface area contributed by atoms with Crippen LogP contribution in [0.2, 0.25) is 0 Å². The fraction of sp³-hybridized carbons (Fsp3) is 0.300. The first-order chi connectivity index (χ1) is 13.3. The number of ether oxygens (including phenoxy) is 1. The molecular weight excluding hydrogens is 384 g/mol. The molecule has 2 aromatic carbocycles. The Morgan fingerprint density at radius 1 is 1.21 bits per heavy atom. The summed E-state index contributed by atoms with van der Waals surface area (Å²) in [6.07, 6.45) is 1.61. The molecule has 0 bridgehead atoms. The summed E-state index contributed by atoms with van der Waals surface area (Å²) in [4.78, 5) is 2.52. The molecule has 0 aliphatic rings. The molecule has 2 aromatic rings. The summed E-state index contributed by atoms with van der Waals surface area (Å²) in [7, 11) is 2.49. The summed E-state index contributed by atoms with van der Waals surface area (Å²) in [5, 5.41) is 0. The normalized spacial score (nSPS) is 13.0. The second kappa shape index (κ2) is 10.4. The maximum Gasteiger partial charge on any atom is 0.198 e. The van der Waals surface area contributed by atoms with Crippen molar-refractivity contribution in [3.8, 4) is 11.5 Å². The predicted octanol–water partition coefficient (Wildman–Crippen LogP) is 3.29. The monoisotopic (exact) mass is 409 g/mol. The van der Waals surface area contributed by atoms with Crippen LogP contribution in [0.15, 0.2) is 46.9 Å². The molecule has 1 unspecified atom stereocenters. The van der Waals surface area contributed by atoms with Gasteiger partial charge in [0.1, 0.15) is 16.7 Å². The van der Waals surface area contributed by atoms with Crippen molar-refractivity contribution >= 4 is 17.1 Å². The Hall–Kier alpha value is -2.13. The minimum absolute atomic E-state index is 0.244. The number of likely N-dealkylation sites (N-methyl/N-ethyl adjacent to an activating group) is 1. The highest BCUT2D eigenvalue weighted by molar-refractivity contribution is 7.83. The van der Waals surface area contributed by atoms with Crippen LogP contribution in [-0.4, -0.2) is 42.8 Å². The third-order valence-corrected chi connectivity index (χ3v) is 4.97. The highest BCUT2D eigenvalue weighted by atomic mass is 32.2. The van der Waals surface area contributed by atoms with E-state index >= 15 is 0 Å². The molecule has 2 rings (SSSR count). The summed E-state index contributed by atoms with van der Waals surface area (Å²) in [6, 6.07) is 8.60. The van der Waals surface area contributed by atoms with Crippen LogP contribution in [0.1, 0.15) is 12.5 Å². The van der Waals surface area contributed by atoms with Crippen molar-refractivity contribution in [2.75, 3.05) is 33.7 Å². The summed E-state index contributed by atoms with van der Waals surface area (Å²) < 4.78 is 49.0. The van der Waals surface area contributed by atoms with Gasteiger partial charge in [0, 0.05) is 19.6 Å². The summed E-state index contributed by atoms with van der Waals surface area (Å²) in [5.74, 6) is -1.86. The van der Waals surface area contributed by atoms with E-state index < -0.39 is 28.4 Å². The van der Waals surface area contributed by atoms with Gasteiger partial charge < -0.3 is 15.4 Å². The third kappa shape index (κ3) is 6.49. The molecule has 152 valence electrons. The molecule has 0 spiro atoms. The Labute approximate surface area is 166 Å². The van der Waals surface area contributed by atoms with Gasteiger partial charge in [-0.1, -0.05) is 11.6 Å². The minimum atomic E-state index is -1.37. The van der Waals surface area contributed by atoms with E-state index in [1.165, 1.54) is 24.3 Å². The number of nitrogens with zero attached hydrogens (tertiary/aromatic N) is 1. The van der Waals surface area contributed by atoms with E-state index in [0.717, 1.165) is 12.1 Å². The van der Waals surface area contributed by atoms with Crippen LogP contribution in [0.25, 0.3) is 6.08 Å². The molecule has 0 amide bonds. The van der Waals surface area contributed by atoms with E-state index in [1.54, 1.807) is 25.1 Å². The van der Waals surface area contributed by atoms with E-state index in [0.29, 0.717) is 23.5 Å². The van der Waals surface area contributed by atoms with E-state index in [-0.39, 0.29) is 5.75 Å². The summed E-state index contributed by atoms with van der Waals surface area (Å²) >= 11 is 0. The van der Waals surface area contributed by atoms with E-state index in [1.807, 2.05) is 19.0 Å². The highest BCUT2D eigenvalue weighted by Crippen LogP contribution is 2.29. The second-order valence-electron chi connectivity index (χ2n) is 6.55. The molecule has 0 aromatic heterocycles. The molecule has 0 fully saturated rings. The number of nitrogens with two attached hydrogens (primary N) is 1. The van der Waals surface area contributed by atoms with Crippen molar-refractivity contribution in [3.05, 3.63) is 59.2 Å². The van der Waals surface area contributed by atoms with Crippen LogP contribution in [0.5, 0.6) is 11.5 Å². The Kier molecular flexibility index (Phi) is 8.25. The molecule has 0 aliphatic carbocycles. The van der Waals surface area contributed by atoms with Gasteiger partial charge in [0.15, 0.2) is 17.4 Å². The molecule has 0 heterocycles. The molecule has 0 radical (unpaired) electrons. The van der Waals surface area contributed by atoms with Crippen LogP contribution in [0.3, 0.4) is 0 Å². The topological polar surface area (TPSA) is 67.6 Å². The van der Waals surface area contributed by atoms with Gasteiger partial charge >= 0.3 is 0 Å². The first kappa shape index (κ1) is 22.2. The van der Waals surface area contributed by atoms with Crippen LogP contribution < -0.4 is 15.2 Å². The molecule has 0 saturated carbocycles. The maximum atomic E-state index is 14.3. The number of hydrogen-bond acceptors (Lipinski definition) is 4. The number of benzene rings is 2. The van der Waals surface area contributed by atoms with Crippen molar-refractivity contribution in [2.45, 2.75) is 11.8 Å². The number of hydrogen-bond donors (Lipinski definition) is 2. The minimum Gasteiger partial charge on any atom is -0.451 e. The summed E-state index contributed by atoms with van der Waals surface area (Å²) in [5.41, 5.74) is 6.67. The average molecular weight is 410 g/mol. The lowest BCUT2D eigenvalue weighted by Gasteiger charge is -2.11. The fourth-order valence-electron chi connectivity index (χ4n) is 2.30. The second-order valence-corrected chi connectivity index (χ2v) is 7.85. The van der Waals surface area contributed by atoms with Gasteiger partial charge in [-0.3, -0.25) is 0 Å². The van der Waals surface area contributed by atoms with Crippen molar-refractivity contribution in [2.24, 2.45) is 5.73 Å². The largest absolute Gasteiger partial charge is 0.451 e. The molecule has 28 heavy (non-hydrogen) atoms. The van der Waals surface area contributed by atoms with Crippen LogP contribution >= 0.6 is 0 Å². The molecule has 8 heteroatoms. The predicted molar refractivity (Wildman–Crippen MR) is 109 cm³/mol. The number of rotatable bonds is 9. The first-order valence-corrected chi connectivity index (χ1v) is 9.89. The van der Waals surface area contributed by atoms with Crippen molar-refractivity contribution in [1.82, 2.24) is 9.62 Å². The standard InChI is InChI=1S/C20H25F2N3O2S/c1-14(13-23)10-15-11-18(21)20(19(22)12-15)27-16-4-6-17(7-5-16)28(26)24-8-9-25(2)3/h4-7,10-12,24H,8-9,13,23H2,1-3H3/b14-10+. The summed E-state index contributed by atoms with van der Waals surface area (Å²) in [6.45, 7) is 3.40. The smallest absolute Gasteiger partial charge is 0.198 e. The Morgan fingerprint density at radius 2 is 1.82 bits per heavy atom. The maximum absolute atomic E-state index is 14.3.